The van der Waals surface area contributed by atoms with Gasteiger partial charge in [-0.05, 0) is 31.4 Å². The van der Waals surface area contributed by atoms with Gasteiger partial charge in [-0.3, -0.25) is 4.79 Å². The van der Waals surface area contributed by atoms with Crippen LogP contribution in [0.15, 0.2) is 12.1 Å². The number of benzene rings is 1. The average Bonchev–Trinajstić information content (AvgIpc) is 2.46. The molecule has 1 N–H and O–H groups in total. The van der Waals surface area contributed by atoms with Gasteiger partial charge >= 0.3 is 5.97 Å². The Hall–Kier alpha value is -1.46. The molecule has 1 unspecified atom stereocenters. The van der Waals surface area contributed by atoms with E-state index in [4.69, 9.17) is 27.9 Å². The Kier molecular flexibility index (Phi) is 4.96. The summed E-state index contributed by atoms with van der Waals surface area (Å²) in [5.74, 6) is -1.08. The van der Waals surface area contributed by atoms with Crippen molar-refractivity contribution in [1.29, 1.82) is 0 Å². The van der Waals surface area contributed by atoms with Crippen LogP contribution in [-0.2, 0) is 4.79 Å². The summed E-state index contributed by atoms with van der Waals surface area (Å²) >= 11 is 12.0. The lowest BCUT2D eigenvalue weighted by Crippen LogP contribution is -2.48. The van der Waals surface area contributed by atoms with Gasteiger partial charge in [0, 0.05) is 12.1 Å². The van der Waals surface area contributed by atoms with Crippen LogP contribution in [0.2, 0.25) is 10.0 Å². The molecular weight excluding hydrogens is 317 g/mol. The van der Waals surface area contributed by atoms with Crippen LogP contribution in [0.1, 0.15) is 29.6 Å². The second-order valence-corrected chi connectivity index (χ2v) is 5.64. The van der Waals surface area contributed by atoms with E-state index < -0.39 is 12.0 Å². The van der Waals surface area contributed by atoms with E-state index in [1.54, 1.807) is 0 Å². The molecule has 2 rings (SSSR count). The standard InChI is InChI=1S/C14H15Cl2NO4/c1-21-12-9(15)6-8(7-10(12)16)13(18)17-5-3-2-4-11(17)14(19)20/h6-7,11H,2-5H2,1H3,(H,19,20). The number of carboxylic acids is 1. The van der Waals surface area contributed by atoms with Crippen LogP contribution in [0, 0.1) is 0 Å². The van der Waals surface area contributed by atoms with Gasteiger partial charge < -0.3 is 14.7 Å². The summed E-state index contributed by atoms with van der Waals surface area (Å²) < 4.78 is 5.03. The van der Waals surface area contributed by atoms with Gasteiger partial charge in [0.25, 0.3) is 5.91 Å². The largest absolute Gasteiger partial charge is 0.494 e. The maximum absolute atomic E-state index is 12.5. The number of nitrogens with zero attached hydrogens (tertiary/aromatic N) is 1. The average molecular weight is 332 g/mol. The molecule has 0 bridgehead atoms. The van der Waals surface area contributed by atoms with Gasteiger partial charge in [0.1, 0.15) is 6.04 Å². The maximum atomic E-state index is 12.5. The van der Waals surface area contributed by atoms with Crippen LogP contribution in [0.5, 0.6) is 5.75 Å². The summed E-state index contributed by atoms with van der Waals surface area (Å²) in [4.78, 5) is 25.2. The second-order valence-electron chi connectivity index (χ2n) is 4.82. The summed E-state index contributed by atoms with van der Waals surface area (Å²) in [6.07, 6.45) is 2.04. The van der Waals surface area contributed by atoms with Gasteiger partial charge in [-0.15, -0.1) is 0 Å². The molecule has 0 radical (unpaired) electrons. The fraction of sp³-hybridized carbons (Fsp3) is 0.429. The molecule has 0 aliphatic carbocycles. The number of carbonyl (C=O) groups excluding carboxylic acids is 1. The normalized spacial score (nSPS) is 18.4. The van der Waals surface area contributed by atoms with Crippen molar-refractivity contribution >= 4 is 35.1 Å². The minimum absolute atomic E-state index is 0.220. The maximum Gasteiger partial charge on any atom is 0.326 e. The number of halogens is 2. The number of rotatable bonds is 3. The molecule has 0 spiro atoms. The lowest BCUT2D eigenvalue weighted by Gasteiger charge is -2.33. The highest BCUT2D eigenvalue weighted by molar-refractivity contribution is 6.37. The molecule has 1 fully saturated rings. The lowest BCUT2D eigenvalue weighted by molar-refractivity contribution is -0.143. The topological polar surface area (TPSA) is 66.8 Å². The highest BCUT2D eigenvalue weighted by Gasteiger charge is 2.32. The number of methoxy groups -OCH3 is 1. The fourth-order valence-corrected chi connectivity index (χ4v) is 3.12. The van der Waals surface area contributed by atoms with E-state index in [1.165, 1.54) is 24.1 Å². The zero-order chi connectivity index (χ0) is 15.6. The number of aliphatic carboxylic acids is 1. The molecule has 1 aliphatic heterocycles. The van der Waals surface area contributed by atoms with E-state index in [0.29, 0.717) is 18.7 Å². The third kappa shape index (κ3) is 3.24. The van der Waals surface area contributed by atoms with Crippen molar-refractivity contribution in [2.45, 2.75) is 25.3 Å². The highest BCUT2D eigenvalue weighted by atomic mass is 35.5. The predicted molar refractivity (Wildman–Crippen MR) is 79.3 cm³/mol. The minimum atomic E-state index is -0.992. The van der Waals surface area contributed by atoms with Crippen LogP contribution in [0.25, 0.3) is 0 Å². The third-order valence-electron chi connectivity index (χ3n) is 3.50. The first kappa shape index (κ1) is 15.9. The number of carbonyl (C=O) groups is 2. The molecule has 1 atom stereocenters. The van der Waals surface area contributed by atoms with E-state index in [2.05, 4.69) is 0 Å². The van der Waals surface area contributed by atoms with Crippen molar-refractivity contribution in [2.24, 2.45) is 0 Å². The van der Waals surface area contributed by atoms with Crippen LogP contribution >= 0.6 is 23.2 Å². The van der Waals surface area contributed by atoms with Gasteiger partial charge in [0.15, 0.2) is 5.75 Å². The summed E-state index contributed by atoms with van der Waals surface area (Å²) in [6, 6.07) is 2.09. The van der Waals surface area contributed by atoms with E-state index in [1.807, 2.05) is 0 Å². The van der Waals surface area contributed by atoms with Crippen LogP contribution < -0.4 is 4.74 Å². The summed E-state index contributed by atoms with van der Waals surface area (Å²) in [5.41, 5.74) is 0.263. The molecule has 0 aromatic heterocycles. The predicted octanol–water partition coefficient (Wildman–Crippen LogP) is 3.08. The fourth-order valence-electron chi connectivity index (χ4n) is 2.48. The number of amides is 1. The van der Waals surface area contributed by atoms with E-state index in [-0.39, 0.29) is 21.5 Å². The van der Waals surface area contributed by atoms with Gasteiger partial charge in [-0.2, -0.15) is 0 Å². The summed E-state index contributed by atoms with van der Waals surface area (Å²) in [6.45, 7) is 0.414. The SMILES string of the molecule is COc1c(Cl)cc(C(=O)N2CCCCC2C(=O)O)cc1Cl. The van der Waals surface area contributed by atoms with Crippen LogP contribution in [0.4, 0.5) is 0 Å². The van der Waals surface area contributed by atoms with Crippen molar-refractivity contribution in [2.75, 3.05) is 13.7 Å². The zero-order valence-corrected chi connectivity index (χ0v) is 12.9. The Balaban J connectivity index is 2.32. The van der Waals surface area contributed by atoms with Gasteiger partial charge in [-0.25, -0.2) is 4.79 Å². The Bertz CT molecular complexity index is 553. The van der Waals surface area contributed by atoms with Gasteiger partial charge in [-0.1, -0.05) is 23.2 Å². The number of piperidine rings is 1. The molecule has 7 heteroatoms. The number of hydrogen-bond acceptors (Lipinski definition) is 3. The molecule has 21 heavy (non-hydrogen) atoms. The third-order valence-corrected chi connectivity index (χ3v) is 4.06. The monoisotopic (exact) mass is 331 g/mol. The first-order chi connectivity index (χ1) is 9.95. The lowest BCUT2D eigenvalue weighted by atomic mass is 10.0. The molecule has 114 valence electrons. The van der Waals surface area contributed by atoms with E-state index in [0.717, 1.165) is 12.8 Å². The van der Waals surface area contributed by atoms with Gasteiger partial charge in [0.2, 0.25) is 0 Å². The molecule has 1 aromatic carbocycles. The summed E-state index contributed by atoms with van der Waals surface area (Å²) in [7, 11) is 1.43. The summed E-state index contributed by atoms with van der Waals surface area (Å²) in [5, 5.41) is 9.67. The van der Waals surface area contributed by atoms with Crippen LogP contribution in [-0.4, -0.2) is 41.6 Å². The minimum Gasteiger partial charge on any atom is -0.494 e. The number of hydrogen-bond donors (Lipinski definition) is 1. The number of carboxylic acid groups (broad SMARTS) is 1. The smallest absolute Gasteiger partial charge is 0.326 e. The Morgan fingerprint density at radius 1 is 1.29 bits per heavy atom. The molecule has 0 saturated carbocycles. The first-order valence-corrected chi connectivity index (χ1v) is 7.28. The molecule has 1 saturated heterocycles. The highest BCUT2D eigenvalue weighted by Crippen LogP contribution is 2.34. The van der Waals surface area contributed by atoms with Crippen molar-refractivity contribution in [3.8, 4) is 5.75 Å². The molecule has 1 amide bonds. The Morgan fingerprint density at radius 2 is 1.90 bits per heavy atom. The van der Waals surface area contributed by atoms with E-state index >= 15 is 0 Å². The quantitative estimate of drug-likeness (QED) is 0.924. The van der Waals surface area contributed by atoms with Gasteiger partial charge in [0.05, 0.1) is 17.2 Å². The van der Waals surface area contributed by atoms with Crippen molar-refractivity contribution in [3.05, 3.63) is 27.7 Å². The van der Waals surface area contributed by atoms with Crippen molar-refractivity contribution < 1.29 is 19.4 Å². The molecule has 5 nitrogen and oxygen atoms in total. The number of ether oxygens (including phenoxy) is 1. The molecule has 1 heterocycles. The van der Waals surface area contributed by atoms with E-state index in [9.17, 15) is 14.7 Å². The zero-order valence-electron chi connectivity index (χ0n) is 11.4. The molecule has 1 aliphatic rings. The van der Waals surface area contributed by atoms with Crippen molar-refractivity contribution in [1.82, 2.24) is 4.90 Å². The van der Waals surface area contributed by atoms with Crippen LogP contribution in [0.3, 0.4) is 0 Å². The molecular formula is C14H15Cl2NO4. The second kappa shape index (κ2) is 6.54. The number of likely N-dealkylation sites (tertiary alicyclic amines) is 1. The Morgan fingerprint density at radius 3 is 2.43 bits per heavy atom. The first-order valence-electron chi connectivity index (χ1n) is 6.52. The van der Waals surface area contributed by atoms with Crippen molar-refractivity contribution in [3.63, 3.8) is 0 Å². The Labute approximate surface area is 132 Å². The molecule has 1 aromatic rings.